The highest BCUT2D eigenvalue weighted by Crippen LogP contribution is 2.17. The molecule has 0 saturated heterocycles. The molecule has 5 heteroatoms. The summed E-state index contributed by atoms with van der Waals surface area (Å²) in [4.78, 5) is 11.8. The molecule has 0 radical (unpaired) electrons. The molecule has 0 unspecified atom stereocenters. The third-order valence-electron chi connectivity index (χ3n) is 3.10. The molecule has 2 aromatic rings. The number of hydrogen-bond acceptors (Lipinski definition) is 2. The van der Waals surface area contributed by atoms with Crippen LogP contribution in [0.15, 0.2) is 46.9 Å². The smallest absolute Gasteiger partial charge is 0.224 e. The molecule has 0 heterocycles. The topological polar surface area (TPSA) is 38.3 Å². The molecule has 3 nitrogen and oxygen atoms in total. The maximum Gasteiger partial charge on any atom is 0.224 e. The number of benzene rings is 2. The van der Waals surface area contributed by atoms with Gasteiger partial charge >= 0.3 is 0 Å². The van der Waals surface area contributed by atoms with Crippen LogP contribution in [0, 0.1) is 12.7 Å². The van der Waals surface area contributed by atoms with E-state index in [2.05, 4.69) is 21.2 Å². The van der Waals surface area contributed by atoms with Gasteiger partial charge in [-0.15, -0.1) is 0 Å². The summed E-state index contributed by atoms with van der Waals surface area (Å²) in [6.07, 6.45) is 0.919. The van der Waals surface area contributed by atoms with Crippen molar-refractivity contribution < 1.29 is 13.9 Å². The maximum absolute atomic E-state index is 13.1. The normalized spacial score (nSPS) is 10.3. The van der Waals surface area contributed by atoms with Crippen LogP contribution in [0.3, 0.4) is 0 Å². The molecule has 1 amide bonds. The fourth-order valence-electron chi connectivity index (χ4n) is 1.90. The lowest BCUT2D eigenvalue weighted by molar-refractivity contribution is -0.116. The summed E-state index contributed by atoms with van der Waals surface area (Å²) in [5, 5.41) is 2.72. The van der Waals surface area contributed by atoms with Crippen molar-refractivity contribution in [3.63, 3.8) is 0 Å². The molecule has 1 N–H and O–H groups in total. The van der Waals surface area contributed by atoms with Gasteiger partial charge in [0.1, 0.15) is 11.6 Å². The predicted molar refractivity (Wildman–Crippen MR) is 88.6 cm³/mol. The van der Waals surface area contributed by atoms with E-state index in [1.807, 2.05) is 31.2 Å². The first kappa shape index (κ1) is 16.5. The lowest BCUT2D eigenvalue weighted by Gasteiger charge is -2.09. The van der Waals surface area contributed by atoms with Gasteiger partial charge < -0.3 is 10.1 Å². The molecule has 0 bridgehead atoms. The summed E-state index contributed by atoms with van der Waals surface area (Å²) in [5.41, 5.74) is 1.35. The van der Waals surface area contributed by atoms with Crippen molar-refractivity contribution >= 4 is 27.5 Å². The second-order valence-electron chi connectivity index (χ2n) is 4.91. The van der Waals surface area contributed by atoms with Crippen LogP contribution in [0.1, 0.15) is 18.4 Å². The van der Waals surface area contributed by atoms with Crippen LogP contribution in [0.25, 0.3) is 0 Å². The van der Waals surface area contributed by atoms with E-state index in [0.717, 1.165) is 15.8 Å². The Morgan fingerprint density at radius 2 is 1.95 bits per heavy atom. The zero-order chi connectivity index (χ0) is 15.9. The second kappa shape index (κ2) is 7.94. The van der Waals surface area contributed by atoms with Gasteiger partial charge in [0.05, 0.1) is 6.61 Å². The molecule has 2 aromatic carbocycles. The number of nitrogens with one attached hydrogen (secondary N) is 1. The van der Waals surface area contributed by atoms with Gasteiger partial charge in [-0.2, -0.15) is 0 Å². The summed E-state index contributed by atoms with van der Waals surface area (Å²) >= 11 is 3.35. The highest BCUT2D eigenvalue weighted by Gasteiger charge is 2.06. The van der Waals surface area contributed by atoms with Crippen LogP contribution >= 0.6 is 15.9 Å². The van der Waals surface area contributed by atoms with Crippen LogP contribution in [0.2, 0.25) is 0 Å². The van der Waals surface area contributed by atoms with Crippen LogP contribution in [0.4, 0.5) is 10.1 Å². The van der Waals surface area contributed by atoms with E-state index < -0.39 is 0 Å². The van der Waals surface area contributed by atoms with Crippen molar-refractivity contribution in [3.8, 4) is 5.75 Å². The predicted octanol–water partition coefficient (Wildman–Crippen LogP) is 4.69. The average molecular weight is 366 g/mol. The highest BCUT2D eigenvalue weighted by molar-refractivity contribution is 9.10. The van der Waals surface area contributed by atoms with Crippen molar-refractivity contribution in [1.29, 1.82) is 0 Å². The van der Waals surface area contributed by atoms with E-state index in [4.69, 9.17) is 4.74 Å². The molecule has 0 atom stereocenters. The molecule has 0 aromatic heterocycles. The molecule has 0 aliphatic carbocycles. The van der Waals surface area contributed by atoms with Crippen LogP contribution < -0.4 is 10.1 Å². The minimum Gasteiger partial charge on any atom is -0.494 e. The molecular weight excluding hydrogens is 349 g/mol. The maximum atomic E-state index is 13.1. The minimum absolute atomic E-state index is 0.145. The van der Waals surface area contributed by atoms with Crippen molar-refractivity contribution in [2.24, 2.45) is 0 Å². The van der Waals surface area contributed by atoms with E-state index in [1.165, 1.54) is 12.1 Å². The Kier molecular flexibility index (Phi) is 5.95. The van der Waals surface area contributed by atoms with E-state index in [0.29, 0.717) is 25.1 Å². The Labute approximate surface area is 137 Å². The standard InChI is InChI=1S/C17H17BrFNO2/c1-12-4-7-14(19)11-16(12)20-17(21)3-2-10-22-15-8-5-13(18)6-9-15/h4-9,11H,2-3,10H2,1H3,(H,20,21). The third-order valence-corrected chi connectivity index (χ3v) is 3.63. The number of amides is 1. The molecule has 116 valence electrons. The van der Waals surface area contributed by atoms with Gasteiger partial charge in [-0.25, -0.2) is 4.39 Å². The zero-order valence-corrected chi connectivity index (χ0v) is 13.8. The molecule has 0 aliphatic rings. The third kappa shape index (κ3) is 5.15. The first-order valence-corrected chi connectivity index (χ1v) is 7.78. The van der Waals surface area contributed by atoms with Crippen molar-refractivity contribution in [2.75, 3.05) is 11.9 Å². The zero-order valence-electron chi connectivity index (χ0n) is 12.2. The summed E-state index contributed by atoms with van der Waals surface area (Å²) in [6, 6.07) is 11.9. The number of anilines is 1. The van der Waals surface area contributed by atoms with Gasteiger partial charge in [0, 0.05) is 16.6 Å². The van der Waals surface area contributed by atoms with Crippen LogP contribution in [0.5, 0.6) is 5.75 Å². The van der Waals surface area contributed by atoms with E-state index in [1.54, 1.807) is 6.07 Å². The van der Waals surface area contributed by atoms with E-state index >= 15 is 0 Å². The highest BCUT2D eigenvalue weighted by atomic mass is 79.9. The first-order chi connectivity index (χ1) is 10.5. The molecular formula is C17H17BrFNO2. The van der Waals surface area contributed by atoms with Gasteiger partial charge in [0.2, 0.25) is 5.91 Å². The van der Waals surface area contributed by atoms with Gasteiger partial charge in [0.15, 0.2) is 0 Å². The van der Waals surface area contributed by atoms with Gasteiger partial charge in [-0.3, -0.25) is 4.79 Å². The summed E-state index contributed by atoms with van der Waals surface area (Å²) in [6.45, 7) is 2.28. The average Bonchev–Trinajstić information content (AvgIpc) is 2.49. The van der Waals surface area contributed by atoms with Crippen LogP contribution in [-0.2, 0) is 4.79 Å². The number of ether oxygens (including phenoxy) is 1. The fourth-order valence-corrected chi connectivity index (χ4v) is 2.16. The van der Waals surface area contributed by atoms with Gasteiger partial charge in [0.25, 0.3) is 0 Å². The van der Waals surface area contributed by atoms with Crippen molar-refractivity contribution in [3.05, 3.63) is 58.3 Å². The monoisotopic (exact) mass is 365 g/mol. The summed E-state index contributed by atoms with van der Waals surface area (Å²) in [5.74, 6) is 0.261. The molecule has 0 saturated carbocycles. The summed E-state index contributed by atoms with van der Waals surface area (Å²) < 4.78 is 19.7. The molecule has 2 rings (SSSR count). The molecule has 0 spiro atoms. The SMILES string of the molecule is Cc1ccc(F)cc1NC(=O)CCCOc1ccc(Br)cc1. The first-order valence-electron chi connectivity index (χ1n) is 6.99. The Morgan fingerprint density at radius 3 is 2.68 bits per heavy atom. The quantitative estimate of drug-likeness (QED) is 0.753. The second-order valence-corrected chi connectivity index (χ2v) is 5.83. The molecule has 0 fully saturated rings. The van der Waals surface area contributed by atoms with Crippen LogP contribution in [-0.4, -0.2) is 12.5 Å². The minimum atomic E-state index is -0.362. The lowest BCUT2D eigenvalue weighted by atomic mass is 10.2. The molecule has 0 aliphatic heterocycles. The summed E-state index contributed by atoms with van der Waals surface area (Å²) in [7, 11) is 0. The Bertz CT molecular complexity index is 644. The number of carbonyl (C=O) groups excluding carboxylic acids is 1. The fraction of sp³-hybridized carbons (Fsp3) is 0.235. The number of carbonyl (C=O) groups is 1. The number of halogens is 2. The Morgan fingerprint density at radius 1 is 1.23 bits per heavy atom. The van der Waals surface area contributed by atoms with Crippen molar-refractivity contribution in [2.45, 2.75) is 19.8 Å². The van der Waals surface area contributed by atoms with E-state index in [9.17, 15) is 9.18 Å². The van der Waals surface area contributed by atoms with Crippen molar-refractivity contribution in [1.82, 2.24) is 0 Å². The largest absolute Gasteiger partial charge is 0.494 e. The molecule has 22 heavy (non-hydrogen) atoms. The lowest BCUT2D eigenvalue weighted by Crippen LogP contribution is -2.13. The number of rotatable bonds is 6. The van der Waals surface area contributed by atoms with Gasteiger partial charge in [-0.05, 0) is 55.3 Å². The number of aryl methyl sites for hydroxylation is 1. The van der Waals surface area contributed by atoms with E-state index in [-0.39, 0.29) is 11.7 Å². The number of hydrogen-bond donors (Lipinski definition) is 1. The Balaban J connectivity index is 1.74. The Hall–Kier alpha value is -1.88. The van der Waals surface area contributed by atoms with Gasteiger partial charge in [-0.1, -0.05) is 22.0 Å².